The first kappa shape index (κ1) is 17.5. The average molecular weight is 354 g/mol. The number of rotatable bonds is 7. The third-order valence-corrected chi connectivity index (χ3v) is 3.78. The van der Waals surface area contributed by atoms with Gasteiger partial charge in [-0.15, -0.1) is 5.10 Å². The molecule has 2 aromatic heterocycles. The third kappa shape index (κ3) is 4.62. The van der Waals surface area contributed by atoms with E-state index in [0.29, 0.717) is 19.6 Å². The molecule has 26 heavy (non-hydrogen) atoms. The van der Waals surface area contributed by atoms with Crippen LogP contribution in [0.5, 0.6) is 0 Å². The van der Waals surface area contributed by atoms with Gasteiger partial charge in [-0.25, -0.2) is 9.07 Å². The maximum absolute atomic E-state index is 12.9. The van der Waals surface area contributed by atoms with E-state index in [1.807, 2.05) is 13.0 Å². The summed E-state index contributed by atoms with van der Waals surface area (Å²) in [5.41, 5.74) is 3.15. The van der Waals surface area contributed by atoms with Crippen LogP contribution in [-0.2, 0) is 6.54 Å². The minimum atomic E-state index is -0.289. The number of carbonyl (C=O) groups excluding carboxylic acids is 1. The third-order valence-electron chi connectivity index (χ3n) is 3.78. The van der Waals surface area contributed by atoms with Crippen LogP contribution in [0.15, 0.2) is 48.9 Å². The molecule has 1 aromatic carbocycles. The number of aryl methyl sites for hydroxylation is 1. The fraction of sp³-hybridized carbons (Fsp3) is 0.222. The highest BCUT2D eigenvalue weighted by molar-refractivity contribution is 5.91. The lowest BCUT2D eigenvalue weighted by atomic mass is 10.2. The molecule has 2 N–H and O–H groups in total. The van der Waals surface area contributed by atoms with Gasteiger partial charge in [0, 0.05) is 31.2 Å². The number of pyridine rings is 1. The number of aromatic nitrogens is 4. The van der Waals surface area contributed by atoms with E-state index in [4.69, 9.17) is 0 Å². The zero-order chi connectivity index (χ0) is 18.4. The lowest BCUT2D eigenvalue weighted by molar-refractivity contribution is 0.0950. The molecule has 0 aliphatic rings. The number of amides is 1. The van der Waals surface area contributed by atoms with E-state index in [2.05, 4.69) is 25.9 Å². The predicted molar refractivity (Wildman–Crippen MR) is 95.3 cm³/mol. The van der Waals surface area contributed by atoms with Crippen LogP contribution in [0.1, 0.15) is 21.6 Å². The van der Waals surface area contributed by atoms with Gasteiger partial charge < -0.3 is 10.6 Å². The fourth-order valence-corrected chi connectivity index (χ4v) is 2.39. The van der Waals surface area contributed by atoms with E-state index < -0.39 is 0 Å². The number of anilines is 1. The van der Waals surface area contributed by atoms with Gasteiger partial charge in [0.25, 0.3) is 5.91 Å². The van der Waals surface area contributed by atoms with Gasteiger partial charge in [-0.2, -0.15) is 0 Å². The molecule has 1 amide bonds. The van der Waals surface area contributed by atoms with Crippen molar-refractivity contribution in [2.75, 3.05) is 18.4 Å². The summed E-state index contributed by atoms with van der Waals surface area (Å²) in [6.07, 6.45) is 5.06. The quantitative estimate of drug-likeness (QED) is 0.634. The van der Waals surface area contributed by atoms with Crippen molar-refractivity contribution in [2.24, 2.45) is 0 Å². The molecule has 0 unspecified atom stereocenters. The Morgan fingerprint density at radius 3 is 2.77 bits per heavy atom. The highest BCUT2D eigenvalue weighted by Crippen LogP contribution is 2.10. The van der Waals surface area contributed by atoms with E-state index >= 15 is 0 Å². The molecular weight excluding hydrogens is 335 g/mol. The lowest BCUT2D eigenvalue weighted by Gasteiger charge is -2.09. The maximum atomic E-state index is 12.9. The minimum absolute atomic E-state index is 0.243. The predicted octanol–water partition coefficient (Wildman–Crippen LogP) is 2.01. The summed E-state index contributed by atoms with van der Waals surface area (Å²) >= 11 is 0. The average Bonchev–Trinajstić information content (AvgIpc) is 3.10. The van der Waals surface area contributed by atoms with E-state index in [1.165, 1.54) is 12.1 Å². The van der Waals surface area contributed by atoms with Crippen molar-refractivity contribution in [2.45, 2.75) is 13.5 Å². The Kier molecular flexibility index (Phi) is 5.52. The topological polar surface area (TPSA) is 84.7 Å². The molecule has 0 bridgehead atoms. The van der Waals surface area contributed by atoms with Gasteiger partial charge >= 0.3 is 0 Å². The van der Waals surface area contributed by atoms with Crippen molar-refractivity contribution in [3.63, 3.8) is 0 Å². The van der Waals surface area contributed by atoms with Crippen LogP contribution in [0.3, 0.4) is 0 Å². The Morgan fingerprint density at radius 1 is 1.19 bits per heavy atom. The van der Waals surface area contributed by atoms with Crippen molar-refractivity contribution >= 4 is 11.6 Å². The Morgan fingerprint density at radius 2 is 2.00 bits per heavy atom. The van der Waals surface area contributed by atoms with Crippen molar-refractivity contribution in [1.29, 1.82) is 0 Å². The fourth-order valence-electron chi connectivity index (χ4n) is 2.39. The summed E-state index contributed by atoms with van der Waals surface area (Å²) in [4.78, 5) is 16.2. The van der Waals surface area contributed by atoms with E-state index in [1.54, 1.807) is 35.4 Å². The molecule has 0 saturated carbocycles. The van der Waals surface area contributed by atoms with Gasteiger partial charge in [0.15, 0.2) is 5.69 Å². The first-order chi connectivity index (χ1) is 12.6. The van der Waals surface area contributed by atoms with Gasteiger partial charge in [0.05, 0.1) is 12.7 Å². The highest BCUT2D eigenvalue weighted by Gasteiger charge is 2.10. The number of hydrogen-bond donors (Lipinski definition) is 2. The Bertz CT molecular complexity index is 877. The van der Waals surface area contributed by atoms with Crippen molar-refractivity contribution in [3.8, 4) is 0 Å². The Hall–Kier alpha value is -3.29. The van der Waals surface area contributed by atoms with Gasteiger partial charge in [0.2, 0.25) is 0 Å². The summed E-state index contributed by atoms with van der Waals surface area (Å²) in [6.45, 7) is 3.42. The minimum Gasteiger partial charge on any atom is -0.383 e. The number of carbonyl (C=O) groups is 1. The number of nitrogens with one attached hydrogen (secondary N) is 2. The summed E-state index contributed by atoms with van der Waals surface area (Å²) < 4.78 is 14.5. The Balaban J connectivity index is 1.47. The molecule has 8 heteroatoms. The number of hydrogen-bond acceptors (Lipinski definition) is 5. The highest BCUT2D eigenvalue weighted by atomic mass is 19.1. The second kappa shape index (κ2) is 8.19. The molecule has 2 heterocycles. The normalized spacial score (nSPS) is 10.5. The second-order valence-corrected chi connectivity index (χ2v) is 5.80. The molecule has 0 spiro atoms. The standard InChI is InChI=1S/C18H19FN6O/c1-13-10-20-7-6-16(13)21-8-9-22-18(26)17-12-25(24-23-17)11-14-2-4-15(19)5-3-14/h2-7,10,12H,8-9,11H2,1H3,(H,20,21)(H,22,26). The number of benzene rings is 1. The summed E-state index contributed by atoms with van der Waals surface area (Å²) in [5.74, 6) is -0.577. The van der Waals surface area contributed by atoms with Crippen LogP contribution < -0.4 is 10.6 Å². The van der Waals surface area contributed by atoms with Crippen LogP contribution in [-0.4, -0.2) is 39.0 Å². The maximum Gasteiger partial charge on any atom is 0.273 e. The molecular formula is C18H19FN6O. The van der Waals surface area contributed by atoms with Gasteiger partial charge in [0.1, 0.15) is 5.82 Å². The monoisotopic (exact) mass is 354 g/mol. The zero-order valence-corrected chi connectivity index (χ0v) is 14.3. The molecule has 0 fully saturated rings. The van der Waals surface area contributed by atoms with Gasteiger partial charge in [-0.3, -0.25) is 9.78 Å². The summed E-state index contributed by atoms with van der Waals surface area (Å²) in [6, 6.07) is 8.00. The molecule has 0 saturated heterocycles. The smallest absolute Gasteiger partial charge is 0.273 e. The molecule has 0 aliphatic carbocycles. The lowest BCUT2D eigenvalue weighted by Crippen LogP contribution is -2.29. The van der Waals surface area contributed by atoms with Crippen LogP contribution in [0.25, 0.3) is 0 Å². The van der Waals surface area contributed by atoms with Crippen LogP contribution in [0.2, 0.25) is 0 Å². The largest absolute Gasteiger partial charge is 0.383 e. The number of nitrogens with zero attached hydrogens (tertiary/aromatic N) is 4. The molecule has 3 aromatic rings. The van der Waals surface area contributed by atoms with Crippen molar-refractivity contribution < 1.29 is 9.18 Å². The first-order valence-corrected chi connectivity index (χ1v) is 8.19. The van der Waals surface area contributed by atoms with E-state index in [0.717, 1.165) is 16.8 Å². The molecule has 3 rings (SSSR count). The first-order valence-electron chi connectivity index (χ1n) is 8.19. The molecule has 0 atom stereocenters. The molecule has 0 aliphatic heterocycles. The van der Waals surface area contributed by atoms with E-state index in [-0.39, 0.29) is 17.4 Å². The van der Waals surface area contributed by atoms with Crippen molar-refractivity contribution in [1.82, 2.24) is 25.3 Å². The Labute approximate surface area is 150 Å². The molecule has 0 radical (unpaired) electrons. The second-order valence-electron chi connectivity index (χ2n) is 5.80. The van der Waals surface area contributed by atoms with Gasteiger partial charge in [-0.05, 0) is 36.2 Å². The zero-order valence-electron chi connectivity index (χ0n) is 14.3. The molecule has 7 nitrogen and oxygen atoms in total. The van der Waals surface area contributed by atoms with Crippen LogP contribution in [0.4, 0.5) is 10.1 Å². The van der Waals surface area contributed by atoms with Crippen LogP contribution in [0, 0.1) is 12.7 Å². The van der Waals surface area contributed by atoms with Crippen LogP contribution >= 0.6 is 0 Å². The van der Waals surface area contributed by atoms with Gasteiger partial charge in [-0.1, -0.05) is 17.3 Å². The summed E-state index contributed by atoms with van der Waals surface area (Å²) in [7, 11) is 0. The van der Waals surface area contributed by atoms with Crippen molar-refractivity contribution in [3.05, 3.63) is 71.6 Å². The van der Waals surface area contributed by atoms with E-state index in [9.17, 15) is 9.18 Å². The summed E-state index contributed by atoms with van der Waals surface area (Å²) in [5, 5.41) is 13.8. The number of halogens is 1. The SMILES string of the molecule is Cc1cnccc1NCCNC(=O)c1cn(Cc2ccc(F)cc2)nn1. The molecule has 134 valence electrons.